The molecule has 0 aliphatic rings. The molecule has 1 aromatic heterocycles. The summed E-state index contributed by atoms with van der Waals surface area (Å²) in [5.41, 5.74) is -0.238. The molecule has 0 N–H and O–H groups in total. The van der Waals surface area contributed by atoms with Gasteiger partial charge in [-0.05, 0) is 15.9 Å². The van der Waals surface area contributed by atoms with E-state index >= 15 is 0 Å². The predicted octanol–water partition coefficient (Wildman–Crippen LogP) is 1.89. The third-order valence-electron chi connectivity index (χ3n) is 0.993. The topological polar surface area (TPSA) is 56.0 Å². The van der Waals surface area contributed by atoms with Crippen molar-refractivity contribution in [2.45, 2.75) is 0 Å². The zero-order valence-corrected chi connectivity index (χ0v) is 6.71. The molecular formula is C5H2BrFN2O2. The molecule has 11 heavy (non-hydrogen) atoms. The molecule has 0 aliphatic heterocycles. The van der Waals surface area contributed by atoms with Crippen LogP contribution in [0.2, 0.25) is 0 Å². The van der Waals surface area contributed by atoms with Gasteiger partial charge in [-0.25, -0.2) is 4.98 Å². The fourth-order valence-corrected chi connectivity index (χ4v) is 0.848. The first kappa shape index (κ1) is 8.06. The van der Waals surface area contributed by atoms with Crippen LogP contribution in [0.5, 0.6) is 0 Å². The number of hydrogen-bond acceptors (Lipinski definition) is 3. The maximum absolute atomic E-state index is 12.4. The second-order valence-corrected chi connectivity index (χ2v) is 2.58. The van der Waals surface area contributed by atoms with Crippen LogP contribution in [0.15, 0.2) is 16.7 Å². The molecule has 0 aromatic carbocycles. The van der Waals surface area contributed by atoms with Crippen molar-refractivity contribution in [3.05, 3.63) is 32.8 Å². The van der Waals surface area contributed by atoms with E-state index in [0.717, 1.165) is 12.3 Å². The highest BCUT2D eigenvalue weighted by atomic mass is 79.9. The van der Waals surface area contributed by atoms with Gasteiger partial charge in [0.05, 0.1) is 9.40 Å². The Morgan fingerprint density at radius 3 is 2.82 bits per heavy atom. The smallest absolute Gasteiger partial charge is 0.258 e. The van der Waals surface area contributed by atoms with Gasteiger partial charge < -0.3 is 0 Å². The van der Waals surface area contributed by atoms with E-state index in [1.54, 1.807) is 0 Å². The summed E-state index contributed by atoms with van der Waals surface area (Å²) in [5, 5.41) is 10.1. The van der Waals surface area contributed by atoms with Gasteiger partial charge in [0.2, 0.25) is 5.95 Å². The van der Waals surface area contributed by atoms with Gasteiger partial charge in [0, 0.05) is 6.07 Å². The predicted molar refractivity (Wildman–Crippen MR) is 38.5 cm³/mol. The van der Waals surface area contributed by atoms with Gasteiger partial charge in [0.1, 0.15) is 6.20 Å². The Kier molecular flexibility index (Phi) is 2.13. The molecule has 0 saturated heterocycles. The van der Waals surface area contributed by atoms with Crippen LogP contribution in [0.3, 0.4) is 0 Å². The lowest BCUT2D eigenvalue weighted by Crippen LogP contribution is -1.91. The highest BCUT2D eigenvalue weighted by molar-refractivity contribution is 9.10. The number of aromatic nitrogens is 1. The van der Waals surface area contributed by atoms with Crippen LogP contribution in [-0.4, -0.2) is 9.91 Å². The monoisotopic (exact) mass is 220 g/mol. The van der Waals surface area contributed by atoms with Crippen molar-refractivity contribution in [1.29, 1.82) is 0 Å². The largest absolute Gasteiger partial charge is 0.288 e. The van der Waals surface area contributed by atoms with Gasteiger partial charge in [-0.3, -0.25) is 10.1 Å². The Labute approximate surface area is 69.3 Å². The quantitative estimate of drug-likeness (QED) is 0.413. The Balaban J connectivity index is 3.15. The molecule has 0 aliphatic carbocycles. The second-order valence-electron chi connectivity index (χ2n) is 1.72. The first-order chi connectivity index (χ1) is 5.11. The number of nitro groups is 1. The highest BCUT2D eigenvalue weighted by Crippen LogP contribution is 2.18. The van der Waals surface area contributed by atoms with E-state index in [0.29, 0.717) is 0 Å². The molecule has 0 bridgehead atoms. The minimum absolute atomic E-state index is 0.00769. The second kappa shape index (κ2) is 2.91. The first-order valence-electron chi connectivity index (χ1n) is 2.56. The Morgan fingerprint density at radius 1 is 1.73 bits per heavy atom. The van der Waals surface area contributed by atoms with Crippen LogP contribution in [0, 0.1) is 16.1 Å². The number of rotatable bonds is 1. The van der Waals surface area contributed by atoms with Crippen LogP contribution in [0.25, 0.3) is 0 Å². The molecule has 6 heteroatoms. The molecule has 0 fully saturated rings. The van der Waals surface area contributed by atoms with Crippen LogP contribution < -0.4 is 0 Å². The zero-order chi connectivity index (χ0) is 8.43. The molecular weight excluding hydrogens is 219 g/mol. The molecule has 0 unspecified atom stereocenters. The molecule has 0 radical (unpaired) electrons. The minimum atomic E-state index is -0.754. The average molecular weight is 221 g/mol. The maximum Gasteiger partial charge on any atom is 0.288 e. The van der Waals surface area contributed by atoms with E-state index in [-0.39, 0.29) is 10.2 Å². The van der Waals surface area contributed by atoms with Gasteiger partial charge >= 0.3 is 0 Å². The van der Waals surface area contributed by atoms with E-state index in [9.17, 15) is 14.5 Å². The molecule has 4 nitrogen and oxygen atoms in total. The van der Waals surface area contributed by atoms with E-state index in [2.05, 4.69) is 20.9 Å². The molecule has 0 amide bonds. The molecule has 0 saturated carbocycles. The first-order valence-corrected chi connectivity index (χ1v) is 3.36. The zero-order valence-electron chi connectivity index (χ0n) is 5.12. The lowest BCUT2D eigenvalue weighted by molar-refractivity contribution is -0.385. The third-order valence-corrected chi connectivity index (χ3v) is 1.55. The SMILES string of the molecule is O=[N+]([O-])c1cnc(F)c(Br)c1. The van der Waals surface area contributed by atoms with E-state index in [4.69, 9.17) is 0 Å². The molecule has 1 aromatic rings. The highest BCUT2D eigenvalue weighted by Gasteiger charge is 2.09. The Bertz CT molecular complexity index is 305. The summed E-state index contributed by atoms with van der Waals surface area (Å²) in [6, 6.07) is 1.06. The number of nitrogens with zero attached hydrogens (tertiary/aromatic N) is 2. The van der Waals surface area contributed by atoms with Crippen LogP contribution in [-0.2, 0) is 0 Å². The van der Waals surface area contributed by atoms with Crippen molar-refractivity contribution < 1.29 is 9.31 Å². The van der Waals surface area contributed by atoms with Gasteiger partial charge in [0.25, 0.3) is 5.69 Å². The lowest BCUT2D eigenvalue weighted by Gasteiger charge is -1.91. The van der Waals surface area contributed by atoms with Gasteiger partial charge in [0.15, 0.2) is 0 Å². The summed E-state index contributed by atoms with van der Waals surface area (Å²) in [4.78, 5) is 12.6. The normalized spacial score (nSPS) is 9.64. The van der Waals surface area contributed by atoms with Gasteiger partial charge in [-0.1, -0.05) is 0 Å². The van der Waals surface area contributed by atoms with Crippen LogP contribution >= 0.6 is 15.9 Å². The summed E-state index contributed by atoms with van der Waals surface area (Å²) in [6.45, 7) is 0. The van der Waals surface area contributed by atoms with Crippen molar-refractivity contribution in [2.75, 3.05) is 0 Å². The molecule has 0 atom stereocenters. The fraction of sp³-hybridized carbons (Fsp3) is 0. The number of hydrogen-bond donors (Lipinski definition) is 0. The lowest BCUT2D eigenvalue weighted by atomic mass is 10.4. The number of pyridine rings is 1. The van der Waals surface area contributed by atoms with E-state index in [1.165, 1.54) is 0 Å². The molecule has 0 spiro atoms. The molecule has 1 rings (SSSR count). The Morgan fingerprint density at radius 2 is 2.36 bits per heavy atom. The average Bonchev–Trinajstić information content (AvgIpc) is 1.94. The van der Waals surface area contributed by atoms with E-state index in [1.807, 2.05) is 0 Å². The van der Waals surface area contributed by atoms with Crippen molar-refractivity contribution in [3.63, 3.8) is 0 Å². The van der Waals surface area contributed by atoms with Crippen molar-refractivity contribution in [2.24, 2.45) is 0 Å². The summed E-state index contributed by atoms with van der Waals surface area (Å²) in [7, 11) is 0. The van der Waals surface area contributed by atoms with Gasteiger partial charge in [-0.2, -0.15) is 4.39 Å². The van der Waals surface area contributed by atoms with Crippen molar-refractivity contribution in [1.82, 2.24) is 4.98 Å². The van der Waals surface area contributed by atoms with Crippen molar-refractivity contribution >= 4 is 21.6 Å². The van der Waals surface area contributed by atoms with Crippen LogP contribution in [0.4, 0.5) is 10.1 Å². The molecule has 58 valence electrons. The summed E-state index contributed by atoms with van der Waals surface area (Å²) >= 11 is 2.77. The van der Waals surface area contributed by atoms with Gasteiger partial charge in [-0.15, -0.1) is 0 Å². The summed E-state index contributed by atoms with van der Waals surface area (Å²) in [5.74, 6) is -0.754. The van der Waals surface area contributed by atoms with Crippen LogP contribution in [0.1, 0.15) is 0 Å². The Hall–Kier alpha value is -1.04. The maximum atomic E-state index is 12.4. The van der Waals surface area contributed by atoms with E-state index < -0.39 is 10.9 Å². The fourth-order valence-electron chi connectivity index (χ4n) is 0.511. The standard InChI is InChI=1S/C5H2BrFN2O2/c6-4-1-3(9(10)11)2-8-5(4)7/h1-2H. The van der Waals surface area contributed by atoms with Crippen molar-refractivity contribution in [3.8, 4) is 0 Å². The summed E-state index contributed by atoms with van der Waals surface area (Å²) < 4.78 is 12.4. The minimum Gasteiger partial charge on any atom is -0.258 e. The third kappa shape index (κ3) is 1.70. The molecule has 1 heterocycles. The summed E-state index contributed by atoms with van der Waals surface area (Å²) in [6.07, 6.45) is 0.861. The number of halogens is 2.